The van der Waals surface area contributed by atoms with E-state index >= 15 is 0 Å². The number of esters is 1. The number of carbonyl (C=O) groups is 2. The first-order valence-electron chi connectivity index (χ1n) is 9.48. The van der Waals surface area contributed by atoms with E-state index in [0.29, 0.717) is 18.5 Å². The number of ether oxygens (including phenoxy) is 1. The highest BCUT2D eigenvalue weighted by Crippen LogP contribution is 2.22. The van der Waals surface area contributed by atoms with Crippen molar-refractivity contribution in [2.75, 3.05) is 22.5 Å². The maximum absolute atomic E-state index is 12.4. The van der Waals surface area contributed by atoms with Gasteiger partial charge in [-0.2, -0.15) is 15.0 Å². The van der Waals surface area contributed by atoms with E-state index < -0.39 is 5.97 Å². The smallest absolute Gasteiger partial charge is 0.338 e. The van der Waals surface area contributed by atoms with Crippen LogP contribution in [0.2, 0.25) is 0 Å². The Balaban J connectivity index is 1.39. The molecule has 4 rings (SSSR count). The summed E-state index contributed by atoms with van der Waals surface area (Å²) in [6, 6.07) is 16.1. The Morgan fingerprint density at radius 1 is 1.07 bits per heavy atom. The Morgan fingerprint density at radius 3 is 2.53 bits per heavy atom. The second-order valence-corrected chi connectivity index (χ2v) is 6.70. The zero-order chi connectivity index (χ0) is 20.9. The molecule has 1 aromatic heterocycles. The summed E-state index contributed by atoms with van der Waals surface area (Å²) in [6.07, 6.45) is 1.40. The number of nitrogens with zero attached hydrogens (tertiary/aromatic N) is 4. The number of nitrogens with two attached hydrogens (primary N) is 1. The summed E-state index contributed by atoms with van der Waals surface area (Å²) in [6.45, 7) is 0.546. The van der Waals surface area contributed by atoms with E-state index in [1.54, 1.807) is 29.2 Å². The van der Waals surface area contributed by atoms with Crippen LogP contribution < -0.4 is 16.0 Å². The predicted molar refractivity (Wildman–Crippen MR) is 111 cm³/mol. The highest BCUT2D eigenvalue weighted by atomic mass is 16.5. The maximum Gasteiger partial charge on any atom is 0.338 e. The van der Waals surface area contributed by atoms with Gasteiger partial charge in [-0.05, 0) is 42.8 Å². The summed E-state index contributed by atoms with van der Waals surface area (Å²) < 4.78 is 5.31. The quantitative estimate of drug-likeness (QED) is 0.601. The second-order valence-electron chi connectivity index (χ2n) is 6.70. The molecule has 3 N–H and O–H groups in total. The molecule has 152 valence electrons. The summed E-state index contributed by atoms with van der Waals surface area (Å²) in [5.74, 6) is 0.0885. The molecule has 1 aliphatic heterocycles. The number of hydrogen-bond donors (Lipinski definition) is 2. The molecule has 9 heteroatoms. The number of para-hydroxylation sites is 1. The summed E-state index contributed by atoms with van der Waals surface area (Å²) in [4.78, 5) is 38.2. The normalized spacial score (nSPS) is 13.3. The highest BCUT2D eigenvalue weighted by Gasteiger charge is 2.21. The van der Waals surface area contributed by atoms with Crippen LogP contribution in [0.4, 0.5) is 23.3 Å². The molecule has 0 spiro atoms. The molecular weight excluding hydrogens is 384 g/mol. The average molecular weight is 404 g/mol. The monoisotopic (exact) mass is 404 g/mol. The molecule has 3 aromatic rings. The molecule has 0 radical (unpaired) electrons. The van der Waals surface area contributed by atoms with Crippen LogP contribution in [0.25, 0.3) is 0 Å². The average Bonchev–Trinajstić information content (AvgIpc) is 3.18. The lowest BCUT2D eigenvalue weighted by atomic mass is 10.2. The van der Waals surface area contributed by atoms with Gasteiger partial charge in [-0.25, -0.2) is 4.79 Å². The Labute approximate surface area is 172 Å². The molecule has 0 saturated carbocycles. The third-order valence-corrected chi connectivity index (χ3v) is 4.55. The van der Waals surface area contributed by atoms with Crippen LogP contribution in [0.1, 0.15) is 29.0 Å². The van der Waals surface area contributed by atoms with Gasteiger partial charge in [0, 0.05) is 24.3 Å². The molecule has 1 aliphatic rings. The van der Waals surface area contributed by atoms with E-state index in [-0.39, 0.29) is 30.2 Å². The van der Waals surface area contributed by atoms with Gasteiger partial charge in [0.05, 0.1) is 5.56 Å². The van der Waals surface area contributed by atoms with Gasteiger partial charge in [0.2, 0.25) is 17.8 Å². The van der Waals surface area contributed by atoms with Crippen molar-refractivity contribution in [1.29, 1.82) is 0 Å². The fourth-order valence-electron chi connectivity index (χ4n) is 3.12. The minimum atomic E-state index is -0.522. The Kier molecular flexibility index (Phi) is 5.51. The SMILES string of the molecule is Nc1nc(COC(=O)c2ccc(N3CCCC3=O)cc2)nc(Nc2ccccc2)n1. The van der Waals surface area contributed by atoms with Crippen LogP contribution in [-0.2, 0) is 16.1 Å². The van der Waals surface area contributed by atoms with Crippen LogP contribution >= 0.6 is 0 Å². The van der Waals surface area contributed by atoms with Crippen molar-refractivity contribution in [2.24, 2.45) is 0 Å². The van der Waals surface area contributed by atoms with E-state index in [1.807, 2.05) is 30.3 Å². The molecule has 9 nitrogen and oxygen atoms in total. The fraction of sp³-hybridized carbons (Fsp3) is 0.190. The first kappa shape index (κ1) is 19.3. The predicted octanol–water partition coefficient (Wildman–Crippen LogP) is 2.68. The maximum atomic E-state index is 12.4. The first-order chi connectivity index (χ1) is 14.6. The summed E-state index contributed by atoms with van der Waals surface area (Å²) in [5.41, 5.74) is 7.68. The van der Waals surface area contributed by atoms with E-state index in [2.05, 4.69) is 20.3 Å². The summed E-state index contributed by atoms with van der Waals surface area (Å²) >= 11 is 0. The number of aromatic nitrogens is 3. The van der Waals surface area contributed by atoms with Gasteiger partial charge >= 0.3 is 5.97 Å². The Bertz CT molecular complexity index is 1060. The van der Waals surface area contributed by atoms with Crippen molar-refractivity contribution in [3.63, 3.8) is 0 Å². The molecule has 0 bridgehead atoms. The Morgan fingerprint density at radius 2 is 1.83 bits per heavy atom. The van der Waals surface area contributed by atoms with Crippen LogP contribution in [0.3, 0.4) is 0 Å². The van der Waals surface area contributed by atoms with Crippen molar-refractivity contribution in [3.05, 3.63) is 66.0 Å². The third-order valence-electron chi connectivity index (χ3n) is 4.55. The van der Waals surface area contributed by atoms with E-state index in [0.717, 1.165) is 17.8 Å². The minimum Gasteiger partial charge on any atom is -0.454 e. The number of rotatable bonds is 6. The van der Waals surface area contributed by atoms with Gasteiger partial charge in [-0.15, -0.1) is 0 Å². The molecular formula is C21H20N6O3. The number of nitrogen functional groups attached to an aromatic ring is 1. The fourth-order valence-corrected chi connectivity index (χ4v) is 3.12. The van der Waals surface area contributed by atoms with Gasteiger partial charge in [-0.3, -0.25) is 4.79 Å². The molecule has 0 atom stereocenters. The summed E-state index contributed by atoms with van der Waals surface area (Å²) in [5, 5.41) is 3.03. The lowest BCUT2D eigenvalue weighted by Crippen LogP contribution is -2.23. The first-order valence-corrected chi connectivity index (χ1v) is 9.48. The van der Waals surface area contributed by atoms with E-state index in [9.17, 15) is 9.59 Å². The largest absolute Gasteiger partial charge is 0.454 e. The second kappa shape index (κ2) is 8.56. The number of anilines is 4. The van der Waals surface area contributed by atoms with Gasteiger partial charge in [0.15, 0.2) is 12.4 Å². The lowest BCUT2D eigenvalue weighted by Gasteiger charge is -2.15. The topological polar surface area (TPSA) is 123 Å². The molecule has 1 fully saturated rings. The van der Waals surface area contributed by atoms with Gasteiger partial charge in [0.25, 0.3) is 0 Å². The molecule has 2 aromatic carbocycles. The molecule has 1 saturated heterocycles. The van der Waals surface area contributed by atoms with Crippen molar-refractivity contribution < 1.29 is 14.3 Å². The number of nitrogens with one attached hydrogen (secondary N) is 1. The number of benzene rings is 2. The zero-order valence-electron chi connectivity index (χ0n) is 16.1. The third kappa shape index (κ3) is 4.52. The van der Waals surface area contributed by atoms with Crippen LogP contribution in [0.5, 0.6) is 0 Å². The highest BCUT2D eigenvalue weighted by molar-refractivity contribution is 5.96. The Hall–Kier alpha value is -4.01. The van der Waals surface area contributed by atoms with Crippen LogP contribution in [-0.4, -0.2) is 33.4 Å². The number of hydrogen-bond acceptors (Lipinski definition) is 8. The molecule has 0 unspecified atom stereocenters. The molecule has 2 heterocycles. The van der Waals surface area contributed by atoms with Gasteiger partial charge in [0.1, 0.15) is 0 Å². The van der Waals surface area contributed by atoms with Crippen LogP contribution in [0, 0.1) is 0 Å². The lowest BCUT2D eigenvalue weighted by molar-refractivity contribution is -0.117. The molecule has 0 aliphatic carbocycles. The molecule has 30 heavy (non-hydrogen) atoms. The van der Waals surface area contributed by atoms with Crippen molar-refractivity contribution >= 4 is 35.1 Å². The van der Waals surface area contributed by atoms with E-state index in [4.69, 9.17) is 10.5 Å². The number of amides is 1. The van der Waals surface area contributed by atoms with Crippen molar-refractivity contribution in [2.45, 2.75) is 19.4 Å². The van der Waals surface area contributed by atoms with Crippen molar-refractivity contribution in [3.8, 4) is 0 Å². The standard InChI is InChI=1S/C21H20N6O3/c22-20-24-17(25-21(26-20)23-15-5-2-1-3-6-15)13-30-19(29)14-8-10-16(11-9-14)27-12-4-7-18(27)28/h1-3,5-6,8-11H,4,7,12-13H2,(H3,22,23,24,25,26). The minimum absolute atomic E-state index is 0.0223. The summed E-state index contributed by atoms with van der Waals surface area (Å²) in [7, 11) is 0. The van der Waals surface area contributed by atoms with Gasteiger partial charge < -0.3 is 20.7 Å². The van der Waals surface area contributed by atoms with Crippen LogP contribution in [0.15, 0.2) is 54.6 Å². The number of carbonyl (C=O) groups excluding carboxylic acids is 2. The molecule has 1 amide bonds. The van der Waals surface area contributed by atoms with Crippen molar-refractivity contribution in [1.82, 2.24) is 15.0 Å². The zero-order valence-corrected chi connectivity index (χ0v) is 16.1. The van der Waals surface area contributed by atoms with Gasteiger partial charge in [-0.1, -0.05) is 18.2 Å². The van der Waals surface area contributed by atoms with E-state index in [1.165, 1.54) is 0 Å².